The van der Waals surface area contributed by atoms with Gasteiger partial charge in [0.25, 0.3) is 0 Å². The van der Waals surface area contributed by atoms with Crippen molar-refractivity contribution in [1.82, 2.24) is 0 Å². The maximum atomic E-state index is 12.2. The smallest absolute Gasteiger partial charge is 0.306 e. The van der Waals surface area contributed by atoms with Crippen LogP contribution in [0, 0.1) is 5.92 Å². The van der Waals surface area contributed by atoms with Gasteiger partial charge in [0.05, 0.1) is 0 Å². The van der Waals surface area contributed by atoms with E-state index in [-0.39, 0.29) is 29.9 Å². The molecular formula is C20H24O6. The summed E-state index contributed by atoms with van der Waals surface area (Å²) >= 11 is 0. The molecule has 1 aliphatic heterocycles. The van der Waals surface area contributed by atoms with Crippen LogP contribution in [0.25, 0.3) is 0 Å². The van der Waals surface area contributed by atoms with Gasteiger partial charge in [0.2, 0.25) is 0 Å². The summed E-state index contributed by atoms with van der Waals surface area (Å²) in [7, 11) is 0. The second-order valence-electron chi connectivity index (χ2n) is 6.79. The Morgan fingerprint density at radius 2 is 2.00 bits per heavy atom. The number of benzene rings is 1. The molecule has 0 aromatic heterocycles. The molecule has 0 aliphatic carbocycles. The number of ether oxygens (including phenoxy) is 3. The standard InChI is InChI=1S/C20H24O6/c1-11(2)8-18(23)26-20-16-9-15(13(4)24-14(5)22)6-7-17(16)25-19(20)12(3)10-21/h6-7,9-11,13,19-20H,3,8H2,1-2,4-5H3. The minimum Gasteiger partial charge on any atom is -0.481 e. The van der Waals surface area contributed by atoms with Gasteiger partial charge >= 0.3 is 11.9 Å². The summed E-state index contributed by atoms with van der Waals surface area (Å²) in [5.41, 5.74) is 1.56. The highest BCUT2D eigenvalue weighted by Gasteiger charge is 2.39. The summed E-state index contributed by atoms with van der Waals surface area (Å²) in [6.07, 6.45) is -1.13. The van der Waals surface area contributed by atoms with Crippen molar-refractivity contribution in [3.8, 4) is 5.75 Å². The topological polar surface area (TPSA) is 78.9 Å². The van der Waals surface area contributed by atoms with Gasteiger partial charge < -0.3 is 14.2 Å². The Labute approximate surface area is 153 Å². The van der Waals surface area contributed by atoms with Crippen LogP contribution in [0.4, 0.5) is 0 Å². The third-order valence-corrected chi connectivity index (χ3v) is 4.03. The van der Waals surface area contributed by atoms with Gasteiger partial charge in [-0.05, 0) is 30.5 Å². The first kappa shape index (κ1) is 19.7. The molecule has 0 spiro atoms. The molecule has 0 radical (unpaired) electrons. The van der Waals surface area contributed by atoms with Gasteiger partial charge in [-0.15, -0.1) is 0 Å². The van der Waals surface area contributed by atoms with Gasteiger partial charge in [-0.1, -0.05) is 26.5 Å². The lowest BCUT2D eigenvalue weighted by Gasteiger charge is -2.20. The van der Waals surface area contributed by atoms with Crippen LogP contribution in [0.15, 0.2) is 30.4 Å². The van der Waals surface area contributed by atoms with E-state index in [0.29, 0.717) is 17.6 Å². The Hall–Kier alpha value is -2.63. The largest absolute Gasteiger partial charge is 0.481 e. The Balaban J connectivity index is 2.33. The lowest BCUT2D eigenvalue weighted by Crippen LogP contribution is -2.26. The molecule has 0 bridgehead atoms. The lowest BCUT2D eigenvalue weighted by atomic mass is 9.98. The summed E-state index contributed by atoms with van der Waals surface area (Å²) in [5.74, 6) is -0.101. The fourth-order valence-electron chi connectivity index (χ4n) is 2.81. The van der Waals surface area contributed by atoms with E-state index in [2.05, 4.69) is 6.58 Å². The molecule has 6 heteroatoms. The average Bonchev–Trinajstić information content (AvgIpc) is 2.90. The Morgan fingerprint density at radius 1 is 1.31 bits per heavy atom. The molecule has 1 aromatic rings. The first-order valence-corrected chi connectivity index (χ1v) is 8.54. The summed E-state index contributed by atoms with van der Waals surface area (Å²) in [6.45, 7) is 10.6. The van der Waals surface area contributed by atoms with Gasteiger partial charge in [-0.2, -0.15) is 0 Å². The van der Waals surface area contributed by atoms with E-state index in [4.69, 9.17) is 14.2 Å². The van der Waals surface area contributed by atoms with Gasteiger partial charge in [-0.25, -0.2) is 0 Å². The predicted octanol–water partition coefficient (Wildman–Crippen LogP) is 3.46. The highest BCUT2D eigenvalue weighted by molar-refractivity contribution is 5.76. The maximum absolute atomic E-state index is 12.2. The number of aldehydes is 1. The zero-order valence-electron chi connectivity index (χ0n) is 15.5. The van der Waals surface area contributed by atoms with E-state index in [0.717, 1.165) is 5.56 Å². The van der Waals surface area contributed by atoms with Crippen LogP contribution < -0.4 is 4.74 Å². The van der Waals surface area contributed by atoms with Crippen molar-refractivity contribution in [3.05, 3.63) is 41.5 Å². The summed E-state index contributed by atoms with van der Waals surface area (Å²) in [4.78, 5) is 34.5. The third-order valence-electron chi connectivity index (χ3n) is 4.03. The fraction of sp³-hybridized carbons (Fsp3) is 0.450. The quantitative estimate of drug-likeness (QED) is 0.421. The molecule has 0 saturated carbocycles. The molecule has 0 N–H and O–H groups in total. The van der Waals surface area contributed by atoms with Crippen LogP contribution in [-0.2, 0) is 23.9 Å². The average molecular weight is 360 g/mol. The zero-order chi connectivity index (χ0) is 19.4. The van der Waals surface area contributed by atoms with Crippen molar-refractivity contribution in [2.24, 2.45) is 5.92 Å². The van der Waals surface area contributed by atoms with E-state index in [1.807, 2.05) is 13.8 Å². The SMILES string of the molecule is C=C(C=O)C1Oc2ccc(C(C)OC(C)=O)cc2C1OC(=O)CC(C)C. The van der Waals surface area contributed by atoms with E-state index >= 15 is 0 Å². The van der Waals surface area contributed by atoms with Gasteiger partial charge in [0, 0.05) is 24.5 Å². The van der Waals surface area contributed by atoms with Crippen molar-refractivity contribution >= 4 is 18.2 Å². The Kier molecular flexibility index (Phi) is 6.18. The Bertz CT molecular complexity index is 721. The molecule has 0 saturated heterocycles. The van der Waals surface area contributed by atoms with E-state index in [1.165, 1.54) is 6.92 Å². The molecule has 2 rings (SSSR count). The second-order valence-corrected chi connectivity index (χ2v) is 6.79. The lowest BCUT2D eigenvalue weighted by molar-refractivity contribution is -0.153. The van der Waals surface area contributed by atoms with Gasteiger partial charge in [0.1, 0.15) is 18.1 Å². The van der Waals surface area contributed by atoms with Crippen LogP contribution in [-0.4, -0.2) is 24.3 Å². The molecular weight excluding hydrogens is 336 g/mol. The van der Waals surface area contributed by atoms with Crippen LogP contribution in [0.2, 0.25) is 0 Å². The predicted molar refractivity (Wildman–Crippen MR) is 94.5 cm³/mol. The first-order valence-electron chi connectivity index (χ1n) is 8.54. The molecule has 1 heterocycles. The van der Waals surface area contributed by atoms with Crippen molar-refractivity contribution < 1.29 is 28.6 Å². The monoisotopic (exact) mass is 360 g/mol. The highest BCUT2D eigenvalue weighted by atomic mass is 16.6. The van der Waals surface area contributed by atoms with Gasteiger partial charge in [-0.3, -0.25) is 14.4 Å². The molecule has 1 aliphatic rings. The maximum Gasteiger partial charge on any atom is 0.306 e. The molecule has 6 nitrogen and oxygen atoms in total. The van der Waals surface area contributed by atoms with E-state index in [9.17, 15) is 14.4 Å². The fourth-order valence-corrected chi connectivity index (χ4v) is 2.81. The van der Waals surface area contributed by atoms with Crippen LogP contribution in [0.5, 0.6) is 5.75 Å². The molecule has 3 unspecified atom stereocenters. The number of carbonyl (C=O) groups is 3. The highest BCUT2D eigenvalue weighted by Crippen LogP contribution is 2.42. The molecule has 0 fully saturated rings. The molecule has 3 atom stereocenters. The normalized spacial score (nSPS) is 19.3. The van der Waals surface area contributed by atoms with Crippen molar-refractivity contribution in [2.45, 2.75) is 52.4 Å². The molecule has 140 valence electrons. The number of esters is 2. The Morgan fingerprint density at radius 3 is 2.58 bits per heavy atom. The number of fused-ring (bicyclic) bond motifs is 1. The third kappa shape index (κ3) is 4.50. The van der Waals surface area contributed by atoms with Crippen LogP contribution >= 0.6 is 0 Å². The zero-order valence-corrected chi connectivity index (χ0v) is 15.5. The summed E-state index contributed by atoms with van der Waals surface area (Å²) in [6, 6.07) is 5.26. The first-order chi connectivity index (χ1) is 12.2. The van der Waals surface area contributed by atoms with Crippen molar-refractivity contribution in [2.75, 3.05) is 0 Å². The van der Waals surface area contributed by atoms with Crippen molar-refractivity contribution in [1.29, 1.82) is 0 Å². The van der Waals surface area contributed by atoms with Crippen molar-refractivity contribution in [3.63, 3.8) is 0 Å². The molecule has 1 aromatic carbocycles. The van der Waals surface area contributed by atoms with Crippen LogP contribution in [0.3, 0.4) is 0 Å². The molecule has 0 amide bonds. The number of rotatable bonds is 7. The van der Waals surface area contributed by atoms with Gasteiger partial charge in [0.15, 0.2) is 12.2 Å². The number of hydrogen-bond acceptors (Lipinski definition) is 6. The summed E-state index contributed by atoms with van der Waals surface area (Å²) < 4.78 is 16.6. The minimum atomic E-state index is -0.766. The van der Waals surface area contributed by atoms with E-state index in [1.54, 1.807) is 25.1 Å². The minimum absolute atomic E-state index is 0.146. The number of hydrogen-bond donors (Lipinski definition) is 0. The number of carbonyl (C=O) groups excluding carboxylic acids is 3. The van der Waals surface area contributed by atoms with Crippen LogP contribution in [0.1, 0.15) is 57.5 Å². The second kappa shape index (κ2) is 8.17. The summed E-state index contributed by atoms with van der Waals surface area (Å²) in [5, 5.41) is 0. The molecule has 26 heavy (non-hydrogen) atoms. The van der Waals surface area contributed by atoms with E-state index < -0.39 is 18.3 Å².